The van der Waals surface area contributed by atoms with Crippen LogP contribution >= 0.6 is 0 Å². The van der Waals surface area contributed by atoms with Crippen LogP contribution in [-0.4, -0.2) is 26.5 Å². The normalized spacial score (nSPS) is 10.6. The van der Waals surface area contributed by atoms with Crippen molar-refractivity contribution in [3.63, 3.8) is 0 Å². The number of rotatable bonds is 2. The van der Waals surface area contributed by atoms with Crippen molar-refractivity contribution < 1.29 is 14.7 Å². The maximum absolute atomic E-state index is 12.5. The first-order valence-electron chi connectivity index (χ1n) is 5.97. The summed E-state index contributed by atoms with van der Waals surface area (Å²) in [6.07, 6.45) is 3.03. The Kier molecular flexibility index (Phi) is 2.80. The van der Waals surface area contributed by atoms with Crippen LogP contribution in [0.2, 0.25) is 0 Å². The van der Waals surface area contributed by atoms with Gasteiger partial charge in [0.1, 0.15) is 5.69 Å². The molecule has 0 unspecified atom stereocenters. The van der Waals surface area contributed by atoms with Gasteiger partial charge in [0, 0.05) is 17.8 Å². The average Bonchev–Trinajstić information content (AvgIpc) is 2.90. The van der Waals surface area contributed by atoms with E-state index in [1.54, 1.807) is 18.3 Å². The molecule has 1 aromatic carbocycles. The third-order valence-electron chi connectivity index (χ3n) is 3.06. The number of carbonyl (C=O) groups is 2. The quantitative estimate of drug-likeness (QED) is 0.773. The van der Waals surface area contributed by atoms with E-state index >= 15 is 0 Å². The van der Waals surface area contributed by atoms with Crippen molar-refractivity contribution in [2.75, 3.05) is 0 Å². The minimum absolute atomic E-state index is 0.0682. The van der Waals surface area contributed by atoms with Gasteiger partial charge >= 0.3 is 5.97 Å². The Labute approximate surface area is 114 Å². The van der Waals surface area contributed by atoms with E-state index in [2.05, 4.69) is 4.98 Å². The monoisotopic (exact) mass is 266 g/mol. The van der Waals surface area contributed by atoms with Crippen LogP contribution in [0, 0.1) is 0 Å². The van der Waals surface area contributed by atoms with E-state index in [-0.39, 0.29) is 11.3 Å². The highest BCUT2D eigenvalue weighted by atomic mass is 16.4. The van der Waals surface area contributed by atoms with Crippen LogP contribution < -0.4 is 0 Å². The van der Waals surface area contributed by atoms with E-state index in [0.29, 0.717) is 0 Å². The van der Waals surface area contributed by atoms with Gasteiger partial charge in [0.25, 0.3) is 5.91 Å². The number of fused-ring (bicyclic) bond motifs is 1. The van der Waals surface area contributed by atoms with Gasteiger partial charge in [-0.25, -0.2) is 4.79 Å². The molecule has 0 aliphatic carbocycles. The number of carbonyl (C=O) groups excluding carboxylic acids is 1. The van der Waals surface area contributed by atoms with Crippen molar-refractivity contribution in [3.8, 4) is 0 Å². The molecular weight excluding hydrogens is 256 g/mol. The Morgan fingerprint density at radius 3 is 2.65 bits per heavy atom. The van der Waals surface area contributed by atoms with E-state index in [1.165, 1.54) is 22.9 Å². The third kappa shape index (κ3) is 1.85. The van der Waals surface area contributed by atoms with Gasteiger partial charge in [-0.1, -0.05) is 18.2 Å². The number of carboxylic acid groups (broad SMARTS) is 1. The number of aromatic carboxylic acids is 1. The summed E-state index contributed by atoms with van der Waals surface area (Å²) in [7, 11) is 0. The summed E-state index contributed by atoms with van der Waals surface area (Å²) in [5.74, 6) is -1.62. The van der Waals surface area contributed by atoms with Gasteiger partial charge < -0.3 is 5.11 Å². The summed E-state index contributed by atoms with van der Waals surface area (Å²) in [4.78, 5) is 27.6. The van der Waals surface area contributed by atoms with Crippen molar-refractivity contribution in [1.29, 1.82) is 0 Å². The maximum atomic E-state index is 12.5. The molecule has 98 valence electrons. The molecule has 2 aromatic heterocycles. The topological polar surface area (TPSA) is 72.2 Å². The second kappa shape index (κ2) is 4.62. The molecule has 0 aliphatic rings. The first-order chi connectivity index (χ1) is 9.68. The van der Waals surface area contributed by atoms with Crippen molar-refractivity contribution in [2.45, 2.75) is 0 Å². The van der Waals surface area contributed by atoms with Crippen LogP contribution in [0.25, 0.3) is 10.9 Å². The number of benzene rings is 1. The number of nitrogens with zero attached hydrogens (tertiary/aromatic N) is 2. The second-order valence-electron chi connectivity index (χ2n) is 4.25. The van der Waals surface area contributed by atoms with Crippen molar-refractivity contribution in [2.24, 2.45) is 0 Å². The van der Waals surface area contributed by atoms with Gasteiger partial charge in [-0.2, -0.15) is 0 Å². The van der Waals surface area contributed by atoms with E-state index < -0.39 is 11.9 Å². The summed E-state index contributed by atoms with van der Waals surface area (Å²) in [5.41, 5.74) is 0.552. The van der Waals surface area contributed by atoms with E-state index in [1.807, 2.05) is 18.2 Å². The molecule has 0 radical (unpaired) electrons. The molecule has 0 aliphatic heterocycles. The van der Waals surface area contributed by atoms with Crippen LogP contribution in [0.3, 0.4) is 0 Å². The number of pyridine rings is 1. The number of carboxylic acids is 1. The molecular formula is C15H10N2O3. The molecule has 0 saturated carbocycles. The molecule has 0 amide bonds. The number of hydrogen-bond donors (Lipinski definition) is 1. The predicted molar refractivity (Wildman–Crippen MR) is 72.9 cm³/mol. The van der Waals surface area contributed by atoms with Gasteiger partial charge in [0.05, 0.1) is 11.1 Å². The maximum Gasteiger partial charge on any atom is 0.338 e. The Balaban J connectivity index is 2.16. The van der Waals surface area contributed by atoms with Gasteiger partial charge in [-0.15, -0.1) is 0 Å². The smallest absolute Gasteiger partial charge is 0.338 e. The zero-order chi connectivity index (χ0) is 14.1. The number of hydrogen-bond acceptors (Lipinski definition) is 3. The number of aromatic nitrogens is 2. The summed E-state index contributed by atoms with van der Waals surface area (Å²) in [5, 5.41) is 10.0. The van der Waals surface area contributed by atoms with Crippen LogP contribution in [0.5, 0.6) is 0 Å². The van der Waals surface area contributed by atoms with E-state index in [0.717, 1.165) is 10.9 Å². The van der Waals surface area contributed by atoms with Gasteiger partial charge in [-0.3, -0.25) is 14.3 Å². The Hall–Kier alpha value is -2.95. The SMILES string of the molecule is O=C(O)c1cccnc1C(=O)n1ccc2ccccc21. The van der Waals surface area contributed by atoms with Gasteiger partial charge in [0.2, 0.25) is 0 Å². The molecule has 0 spiro atoms. The summed E-state index contributed by atoms with van der Waals surface area (Å²) < 4.78 is 1.41. The largest absolute Gasteiger partial charge is 0.478 e. The van der Waals surface area contributed by atoms with Crippen LogP contribution in [-0.2, 0) is 0 Å². The van der Waals surface area contributed by atoms with Crippen LogP contribution in [0.15, 0.2) is 54.9 Å². The lowest BCUT2D eigenvalue weighted by Gasteiger charge is -2.06. The highest BCUT2D eigenvalue weighted by molar-refractivity contribution is 6.07. The molecule has 0 atom stereocenters. The Morgan fingerprint density at radius 2 is 1.85 bits per heavy atom. The third-order valence-corrected chi connectivity index (χ3v) is 3.06. The lowest BCUT2D eigenvalue weighted by Crippen LogP contribution is -2.17. The molecule has 5 heteroatoms. The summed E-state index contributed by atoms with van der Waals surface area (Å²) >= 11 is 0. The summed E-state index contributed by atoms with van der Waals surface area (Å²) in [6.45, 7) is 0. The zero-order valence-corrected chi connectivity index (χ0v) is 10.4. The number of para-hydroxylation sites is 1. The van der Waals surface area contributed by atoms with Gasteiger partial charge in [-0.05, 0) is 24.3 Å². The standard InChI is InChI=1S/C15H10N2O3/c18-14(13-11(15(19)20)5-3-8-16-13)17-9-7-10-4-1-2-6-12(10)17/h1-9H,(H,19,20). The molecule has 3 aromatic rings. The predicted octanol–water partition coefficient (Wildman–Crippen LogP) is 2.42. The van der Waals surface area contributed by atoms with Gasteiger partial charge in [0.15, 0.2) is 0 Å². The van der Waals surface area contributed by atoms with Crippen LogP contribution in [0.4, 0.5) is 0 Å². The fourth-order valence-corrected chi connectivity index (χ4v) is 2.12. The second-order valence-corrected chi connectivity index (χ2v) is 4.25. The first-order valence-corrected chi connectivity index (χ1v) is 5.97. The fourth-order valence-electron chi connectivity index (χ4n) is 2.12. The molecule has 20 heavy (non-hydrogen) atoms. The molecule has 2 heterocycles. The molecule has 0 saturated heterocycles. The van der Waals surface area contributed by atoms with E-state index in [9.17, 15) is 9.59 Å². The lowest BCUT2D eigenvalue weighted by atomic mass is 10.2. The zero-order valence-electron chi connectivity index (χ0n) is 10.4. The molecule has 3 rings (SSSR count). The highest BCUT2D eigenvalue weighted by Crippen LogP contribution is 2.17. The molecule has 0 bridgehead atoms. The minimum atomic E-state index is -1.17. The minimum Gasteiger partial charge on any atom is -0.478 e. The highest BCUT2D eigenvalue weighted by Gasteiger charge is 2.19. The van der Waals surface area contributed by atoms with Crippen LogP contribution in [0.1, 0.15) is 20.8 Å². The Morgan fingerprint density at radius 1 is 1.05 bits per heavy atom. The fraction of sp³-hybridized carbons (Fsp3) is 0. The van der Waals surface area contributed by atoms with Crippen molar-refractivity contribution in [1.82, 2.24) is 9.55 Å². The first kappa shape index (κ1) is 12.1. The molecule has 0 fully saturated rings. The summed E-state index contributed by atoms with van der Waals surface area (Å²) in [6, 6.07) is 12.0. The van der Waals surface area contributed by atoms with E-state index in [4.69, 9.17) is 5.11 Å². The average molecular weight is 266 g/mol. The lowest BCUT2D eigenvalue weighted by molar-refractivity contribution is 0.0690. The van der Waals surface area contributed by atoms with Crippen molar-refractivity contribution >= 4 is 22.8 Å². The molecule has 1 N–H and O–H groups in total. The molecule has 5 nitrogen and oxygen atoms in total. The van der Waals surface area contributed by atoms with Crippen molar-refractivity contribution in [3.05, 3.63) is 66.1 Å². The Bertz CT molecular complexity index is 821.